The first-order valence-corrected chi connectivity index (χ1v) is 10.1. The van der Waals surface area contributed by atoms with Crippen molar-refractivity contribution in [2.24, 2.45) is 0 Å². The van der Waals surface area contributed by atoms with E-state index in [1.807, 2.05) is 25.9 Å². The van der Waals surface area contributed by atoms with Crippen LogP contribution in [0, 0.1) is 0 Å². The third-order valence-corrected chi connectivity index (χ3v) is 5.60. The molecule has 8 nitrogen and oxygen atoms in total. The molecule has 140 valence electrons. The van der Waals surface area contributed by atoms with Crippen molar-refractivity contribution in [3.63, 3.8) is 0 Å². The van der Waals surface area contributed by atoms with Crippen molar-refractivity contribution in [2.45, 2.75) is 25.8 Å². The molecule has 0 bridgehead atoms. The maximum Gasteiger partial charge on any atom is 0.312 e. The van der Waals surface area contributed by atoms with Crippen LogP contribution in [0.1, 0.15) is 19.8 Å². The lowest BCUT2D eigenvalue weighted by Gasteiger charge is -2.28. The number of ether oxygens (including phenoxy) is 1. The minimum atomic E-state index is -3.12. The van der Waals surface area contributed by atoms with Crippen LogP contribution in [0.3, 0.4) is 0 Å². The zero-order valence-electron chi connectivity index (χ0n) is 14.8. The molecule has 1 saturated heterocycles. The molecular formula is C15H29N3O5S. The summed E-state index contributed by atoms with van der Waals surface area (Å²) < 4.78 is 28.5. The van der Waals surface area contributed by atoms with Crippen LogP contribution >= 0.6 is 0 Å². The molecule has 1 heterocycles. The van der Waals surface area contributed by atoms with Crippen molar-refractivity contribution in [3.05, 3.63) is 0 Å². The van der Waals surface area contributed by atoms with E-state index in [1.54, 1.807) is 0 Å². The summed E-state index contributed by atoms with van der Waals surface area (Å²) in [6, 6.07) is -0.420. The van der Waals surface area contributed by atoms with E-state index in [2.05, 4.69) is 5.32 Å². The molecule has 1 unspecified atom stereocenters. The van der Waals surface area contributed by atoms with Gasteiger partial charge < -0.3 is 19.9 Å². The average molecular weight is 363 g/mol. The maximum atomic E-state index is 12.4. The van der Waals surface area contributed by atoms with E-state index in [9.17, 15) is 18.0 Å². The third kappa shape index (κ3) is 7.14. The lowest BCUT2D eigenvalue weighted by molar-refractivity contribution is -0.147. The minimum absolute atomic E-state index is 0.0657. The van der Waals surface area contributed by atoms with Gasteiger partial charge in [-0.2, -0.15) is 0 Å². The van der Waals surface area contributed by atoms with Crippen LogP contribution in [0.25, 0.3) is 0 Å². The Morgan fingerprint density at radius 1 is 1.25 bits per heavy atom. The standard InChI is InChI=1S/C15H29N3O5S/c1-4-23-10-5-7-16-14(19)15(20)18(9-8-17(2)3)13-6-11-24(21,22)12-13/h13H,4-12H2,1-3H3,(H,16,19). The van der Waals surface area contributed by atoms with Crippen molar-refractivity contribution in [2.75, 3.05) is 58.4 Å². The average Bonchev–Trinajstić information content (AvgIpc) is 2.86. The number of carbonyl (C=O) groups excluding carboxylic acids is 2. The fourth-order valence-electron chi connectivity index (χ4n) is 2.51. The molecule has 0 radical (unpaired) electrons. The second-order valence-corrected chi connectivity index (χ2v) is 8.39. The number of carbonyl (C=O) groups is 2. The van der Waals surface area contributed by atoms with E-state index in [4.69, 9.17) is 4.74 Å². The van der Waals surface area contributed by atoms with Crippen LogP contribution in [0.5, 0.6) is 0 Å². The van der Waals surface area contributed by atoms with Gasteiger partial charge in [-0.15, -0.1) is 0 Å². The predicted octanol–water partition coefficient (Wildman–Crippen LogP) is -0.893. The van der Waals surface area contributed by atoms with Gasteiger partial charge in [0.05, 0.1) is 11.5 Å². The Hall–Kier alpha value is -1.19. The molecule has 0 saturated carbocycles. The van der Waals surface area contributed by atoms with Gasteiger partial charge in [-0.05, 0) is 33.9 Å². The van der Waals surface area contributed by atoms with Crippen LogP contribution in [0.2, 0.25) is 0 Å². The Labute approximate surface area is 144 Å². The van der Waals surface area contributed by atoms with Crippen molar-refractivity contribution in [1.29, 1.82) is 0 Å². The Bertz CT molecular complexity index is 521. The summed E-state index contributed by atoms with van der Waals surface area (Å²) in [5.74, 6) is -1.34. The molecular weight excluding hydrogens is 334 g/mol. The van der Waals surface area contributed by atoms with E-state index < -0.39 is 27.7 Å². The van der Waals surface area contributed by atoms with Gasteiger partial charge in [-0.3, -0.25) is 9.59 Å². The second kappa shape index (κ2) is 9.95. The van der Waals surface area contributed by atoms with Gasteiger partial charge in [0.2, 0.25) is 0 Å². The van der Waals surface area contributed by atoms with E-state index in [0.29, 0.717) is 45.7 Å². The highest BCUT2D eigenvalue weighted by Crippen LogP contribution is 2.18. The molecule has 9 heteroatoms. The van der Waals surface area contributed by atoms with Gasteiger partial charge in [0.25, 0.3) is 0 Å². The highest BCUT2D eigenvalue weighted by atomic mass is 32.2. The van der Waals surface area contributed by atoms with E-state index >= 15 is 0 Å². The molecule has 0 aliphatic carbocycles. The molecule has 1 rings (SSSR count). The molecule has 1 atom stereocenters. The van der Waals surface area contributed by atoms with Crippen LogP contribution in [-0.4, -0.2) is 94.5 Å². The van der Waals surface area contributed by atoms with Crippen molar-refractivity contribution in [1.82, 2.24) is 15.1 Å². The van der Waals surface area contributed by atoms with E-state index in [1.165, 1.54) is 4.90 Å². The Morgan fingerprint density at radius 3 is 2.50 bits per heavy atom. The van der Waals surface area contributed by atoms with Gasteiger partial charge in [0.15, 0.2) is 9.84 Å². The topological polar surface area (TPSA) is 96.0 Å². The molecule has 0 spiro atoms. The second-order valence-electron chi connectivity index (χ2n) is 6.17. The molecule has 0 aromatic rings. The van der Waals surface area contributed by atoms with Crippen molar-refractivity contribution < 1.29 is 22.7 Å². The van der Waals surface area contributed by atoms with Crippen LogP contribution in [0.15, 0.2) is 0 Å². The van der Waals surface area contributed by atoms with Crippen LogP contribution < -0.4 is 5.32 Å². The summed E-state index contributed by atoms with van der Waals surface area (Å²) in [4.78, 5) is 27.8. The number of rotatable bonds is 9. The van der Waals surface area contributed by atoms with Crippen LogP contribution in [-0.2, 0) is 24.2 Å². The lowest BCUT2D eigenvalue weighted by Crippen LogP contribution is -2.50. The number of nitrogens with one attached hydrogen (secondary N) is 1. The van der Waals surface area contributed by atoms with Gasteiger partial charge in [0.1, 0.15) is 0 Å². The number of hydrogen-bond acceptors (Lipinski definition) is 6. The minimum Gasteiger partial charge on any atom is -0.382 e. The zero-order chi connectivity index (χ0) is 18.2. The van der Waals surface area contributed by atoms with Gasteiger partial charge in [-0.1, -0.05) is 0 Å². The lowest BCUT2D eigenvalue weighted by atomic mass is 10.2. The summed E-state index contributed by atoms with van der Waals surface area (Å²) in [5, 5.41) is 2.58. The Kier molecular flexibility index (Phi) is 8.65. The number of sulfone groups is 1. The van der Waals surface area contributed by atoms with Gasteiger partial charge >= 0.3 is 11.8 Å². The molecule has 1 fully saturated rings. The largest absolute Gasteiger partial charge is 0.382 e. The zero-order valence-corrected chi connectivity index (χ0v) is 15.6. The molecule has 1 aliphatic rings. The summed E-state index contributed by atoms with van der Waals surface area (Å²) >= 11 is 0. The van der Waals surface area contributed by atoms with Crippen molar-refractivity contribution in [3.8, 4) is 0 Å². The smallest absolute Gasteiger partial charge is 0.312 e. The molecule has 24 heavy (non-hydrogen) atoms. The molecule has 1 N–H and O–H groups in total. The first-order valence-electron chi connectivity index (χ1n) is 8.28. The van der Waals surface area contributed by atoms with Gasteiger partial charge in [0, 0.05) is 38.9 Å². The third-order valence-electron chi connectivity index (χ3n) is 3.85. The molecule has 2 amide bonds. The van der Waals surface area contributed by atoms with Gasteiger partial charge in [-0.25, -0.2) is 8.42 Å². The summed E-state index contributed by atoms with van der Waals surface area (Å²) in [7, 11) is 0.605. The highest BCUT2D eigenvalue weighted by molar-refractivity contribution is 7.91. The monoisotopic (exact) mass is 363 g/mol. The predicted molar refractivity (Wildman–Crippen MR) is 91.4 cm³/mol. The summed E-state index contributed by atoms with van der Waals surface area (Å²) in [6.45, 7) is 4.28. The number of hydrogen-bond donors (Lipinski definition) is 1. The summed E-state index contributed by atoms with van der Waals surface area (Å²) in [6.07, 6.45) is 1.02. The number of likely N-dealkylation sites (N-methyl/N-ethyl adjacent to an activating group) is 1. The molecule has 1 aliphatic heterocycles. The molecule has 0 aromatic carbocycles. The Balaban J connectivity index is 2.61. The Morgan fingerprint density at radius 2 is 1.96 bits per heavy atom. The first kappa shape index (κ1) is 20.9. The summed E-state index contributed by atoms with van der Waals surface area (Å²) in [5.41, 5.74) is 0. The van der Waals surface area contributed by atoms with Crippen molar-refractivity contribution >= 4 is 21.7 Å². The first-order chi connectivity index (χ1) is 11.3. The van der Waals surface area contributed by atoms with E-state index in [0.717, 1.165) is 0 Å². The number of amides is 2. The fourth-order valence-corrected chi connectivity index (χ4v) is 4.24. The van der Waals surface area contributed by atoms with E-state index in [-0.39, 0.29) is 11.5 Å². The SMILES string of the molecule is CCOCCCNC(=O)C(=O)N(CCN(C)C)C1CCS(=O)(=O)C1. The highest BCUT2D eigenvalue weighted by Gasteiger charge is 2.36. The fraction of sp³-hybridized carbons (Fsp3) is 0.867. The van der Waals surface area contributed by atoms with Crippen LogP contribution in [0.4, 0.5) is 0 Å². The molecule has 0 aromatic heterocycles. The maximum absolute atomic E-state index is 12.4. The normalized spacial score (nSPS) is 19.4. The quantitative estimate of drug-likeness (QED) is 0.422. The number of nitrogens with zero attached hydrogens (tertiary/aromatic N) is 2.